The SMILES string of the molecule is COc1ccc(CN2C(=O)C3(CCC3)c3cc(C(C=CN)=Nc4ccc(F)cc4F)cc(O)c32)cc1. The van der Waals surface area contributed by atoms with Crippen LogP contribution in [0, 0.1) is 11.6 Å². The molecule has 6 nitrogen and oxygen atoms in total. The minimum absolute atomic E-state index is 0.0514. The molecule has 0 bridgehead atoms. The Morgan fingerprint density at radius 2 is 1.92 bits per heavy atom. The average Bonchev–Trinajstić information content (AvgIpc) is 3.09. The highest BCUT2D eigenvalue weighted by Gasteiger charge is 2.55. The van der Waals surface area contributed by atoms with E-state index in [1.54, 1.807) is 12.0 Å². The number of aliphatic imine (C=N–C) groups is 1. The Morgan fingerprint density at radius 3 is 2.53 bits per heavy atom. The van der Waals surface area contributed by atoms with Crippen molar-refractivity contribution in [3.63, 3.8) is 0 Å². The first-order chi connectivity index (χ1) is 17.4. The standard InChI is InChI=1S/C28H25F2N3O3/c1-36-20-6-3-17(4-7-20)16-33-26-21(28(27(33)35)10-2-11-28)13-18(14-25(26)34)23(9-12-31)32-24-8-5-19(29)15-22(24)30/h3-9,12-15,34H,2,10-11,16,31H2,1H3. The Kier molecular flexibility index (Phi) is 5.96. The van der Waals surface area contributed by atoms with Crippen LogP contribution in [0.5, 0.6) is 11.5 Å². The first kappa shape index (κ1) is 23.5. The summed E-state index contributed by atoms with van der Waals surface area (Å²) < 4.78 is 32.9. The molecule has 1 aliphatic heterocycles. The van der Waals surface area contributed by atoms with Crippen molar-refractivity contribution in [2.24, 2.45) is 10.7 Å². The lowest BCUT2D eigenvalue weighted by atomic mass is 9.65. The van der Waals surface area contributed by atoms with Crippen molar-refractivity contribution >= 4 is 23.0 Å². The molecule has 3 N–H and O–H groups in total. The molecule has 1 heterocycles. The number of anilines is 1. The van der Waals surface area contributed by atoms with E-state index in [0.29, 0.717) is 36.4 Å². The van der Waals surface area contributed by atoms with Gasteiger partial charge in [0.1, 0.15) is 17.3 Å². The smallest absolute Gasteiger partial charge is 0.238 e. The third-order valence-corrected chi connectivity index (χ3v) is 6.94. The van der Waals surface area contributed by atoms with Gasteiger partial charge in [-0.3, -0.25) is 4.79 Å². The molecule has 184 valence electrons. The van der Waals surface area contributed by atoms with E-state index in [-0.39, 0.29) is 23.1 Å². The number of rotatable bonds is 6. The number of halogens is 2. The van der Waals surface area contributed by atoms with E-state index in [2.05, 4.69) is 4.99 Å². The second-order valence-electron chi connectivity index (χ2n) is 9.02. The van der Waals surface area contributed by atoms with Crippen LogP contribution in [-0.4, -0.2) is 23.8 Å². The van der Waals surface area contributed by atoms with Crippen LogP contribution in [0.1, 0.15) is 36.0 Å². The van der Waals surface area contributed by atoms with Gasteiger partial charge in [0.15, 0.2) is 5.82 Å². The number of ether oxygens (including phenoxy) is 1. The lowest BCUT2D eigenvalue weighted by molar-refractivity contribution is -0.126. The summed E-state index contributed by atoms with van der Waals surface area (Å²) in [6.45, 7) is 0.301. The predicted molar refractivity (Wildman–Crippen MR) is 134 cm³/mol. The summed E-state index contributed by atoms with van der Waals surface area (Å²) in [6.07, 6.45) is 4.98. The van der Waals surface area contributed by atoms with Gasteiger partial charge in [-0.1, -0.05) is 18.6 Å². The molecule has 3 aromatic rings. The monoisotopic (exact) mass is 489 g/mol. The lowest BCUT2D eigenvalue weighted by Crippen LogP contribution is -2.44. The van der Waals surface area contributed by atoms with E-state index in [4.69, 9.17) is 10.5 Å². The van der Waals surface area contributed by atoms with Gasteiger partial charge in [0.2, 0.25) is 5.91 Å². The topological polar surface area (TPSA) is 88.2 Å². The van der Waals surface area contributed by atoms with Crippen LogP contribution in [0.25, 0.3) is 0 Å². The molecule has 0 unspecified atom stereocenters. The molecule has 36 heavy (non-hydrogen) atoms. The first-order valence-electron chi connectivity index (χ1n) is 11.6. The Morgan fingerprint density at radius 1 is 1.17 bits per heavy atom. The van der Waals surface area contributed by atoms with Gasteiger partial charge in [-0.05, 0) is 72.6 Å². The molecule has 3 aromatic carbocycles. The summed E-state index contributed by atoms with van der Waals surface area (Å²) in [4.78, 5) is 19.6. The van der Waals surface area contributed by atoms with Gasteiger partial charge in [0.25, 0.3) is 0 Å². The van der Waals surface area contributed by atoms with Gasteiger partial charge in [0.05, 0.1) is 36.2 Å². The molecule has 1 spiro atoms. The Balaban J connectivity index is 1.59. The number of phenolic OH excluding ortho intramolecular Hbond substituents is 1. The number of carbonyl (C=O) groups is 1. The normalized spacial score (nSPS) is 16.5. The quantitative estimate of drug-likeness (QED) is 0.464. The molecule has 2 aliphatic rings. The van der Waals surface area contributed by atoms with Crippen molar-refractivity contribution in [3.05, 3.63) is 95.2 Å². The van der Waals surface area contributed by atoms with Crippen LogP contribution in [-0.2, 0) is 16.8 Å². The molecule has 0 radical (unpaired) electrons. The third-order valence-electron chi connectivity index (χ3n) is 6.94. The maximum Gasteiger partial charge on any atom is 0.238 e. The van der Waals surface area contributed by atoms with E-state index in [0.717, 1.165) is 29.7 Å². The summed E-state index contributed by atoms with van der Waals surface area (Å²) in [5.74, 6) is -0.943. The lowest BCUT2D eigenvalue weighted by Gasteiger charge is -2.37. The molecule has 8 heteroatoms. The van der Waals surface area contributed by atoms with Gasteiger partial charge >= 0.3 is 0 Å². The van der Waals surface area contributed by atoms with Crippen molar-refractivity contribution < 1.29 is 23.4 Å². The fourth-order valence-corrected chi connectivity index (χ4v) is 4.96. The van der Waals surface area contributed by atoms with Crippen molar-refractivity contribution in [2.75, 3.05) is 12.0 Å². The van der Waals surface area contributed by atoms with E-state index in [9.17, 15) is 18.7 Å². The van der Waals surface area contributed by atoms with E-state index < -0.39 is 17.0 Å². The second-order valence-corrected chi connectivity index (χ2v) is 9.02. The summed E-state index contributed by atoms with van der Waals surface area (Å²) in [6, 6.07) is 13.8. The molecular weight excluding hydrogens is 464 g/mol. The number of carbonyl (C=O) groups excluding carboxylic acids is 1. The third kappa shape index (κ3) is 3.88. The maximum atomic E-state index is 14.3. The molecule has 1 saturated carbocycles. The number of phenols is 1. The highest BCUT2D eigenvalue weighted by molar-refractivity contribution is 6.14. The van der Waals surface area contributed by atoms with Gasteiger partial charge in [-0.25, -0.2) is 13.8 Å². The predicted octanol–water partition coefficient (Wildman–Crippen LogP) is 5.24. The fourth-order valence-electron chi connectivity index (χ4n) is 4.96. The molecule has 0 aromatic heterocycles. The average molecular weight is 490 g/mol. The number of hydrogen-bond acceptors (Lipinski definition) is 5. The minimum Gasteiger partial charge on any atom is -0.506 e. The summed E-state index contributed by atoms with van der Waals surface area (Å²) in [5.41, 5.74) is 7.69. The minimum atomic E-state index is -0.820. The highest BCUT2D eigenvalue weighted by atomic mass is 19.1. The molecule has 0 saturated heterocycles. The summed E-state index contributed by atoms with van der Waals surface area (Å²) in [7, 11) is 1.59. The van der Waals surface area contributed by atoms with Gasteiger partial charge < -0.3 is 20.5 Å². The Hall–Kier alpha value is -4.20. The number of aromatic hydroxyl groups is 1. The van der Waals surface area contributed by atoms with E-state index in [1.807, 2.05) is 30.3 Å². The Labute approximate surface area is 207 Å². The zero-order valence-corrected chi connectivity index (χ0v) is 19.7. The summed E-state index contributed by atoms with van der Waals surface area (Å²) >= 11 is 0. The van der Waals surface area contributed by atoms with Crippen LogP contribution in [0.3, 0.4) is 0 Å². The fraction of sp³-hybridized carbons (Fsp3) is 0.214. The molecule has 5 rings (SSSR count). The largest absolute Gasteiger partial charge is 0.506 e. The highest BCUT2D eigenvalue weighted by Crippen LogP contribution is 2.56. The van der Waals surface area contributed by atoms with Crippen molar-refractivity contribution in [2.45, 2.75) is 31.2 Å². The van der Waals surface area contributed by atoms with Crippen LogP contribution < -0.4 is 15.4 Å². The molecule has 1 fully saturated rings. The van der Waals surface area contributed by atoms with Crippen molar-refractivity contribution in [1.82, 2.24) is 0 Å². The van der Waals surface area contributed by atoms with E-state index >= 15 is 0 Å². The number of nitrogens with two attached hydrogens (primary N) is 1. The second kappa shape index (κ2) is 9.11. The zero-order valence-electron chi connectivity index (χ0n) is 19.7. The summed E-state index contributed by atoms with van der Waals surface area (Å²) in [5, 5.41) is 11.1. The molecular formula is C28H25F2N3O3. The number of fused-ring (bicyclic) bond motifs is 2. The number of hydrogen-bond donors (Lipinski definition) is 2. The molecule has 1 amide bonds. The van der Waals surface area contributed by atoms with Gasteiger partial charge in [0, 0.05) is 11.6 Å². The Bertz CT molecular complexity index is 1400. The molecule has 1 aliphatic carbocycles. The number of nitrogens with zero attached hydrogens (tertiary/aromatic N) is 2. The maximum absolute atomic E-state index is 14.3. The van der Waals surface area contributed by atoms with Crippen LogP contribution in [0.15, 0.2) is 71.9 Å². The van der Waals surface area contributed by atoms with E-state index in [1.165, 1.54) is 24.4 Å². The van der Waals surface area contributed by atoms with Gasteiger partial charge in [-0.2, -0.15) is 0 Å². The van der Waals surface area contributed by atoms with Crippen LogP contribution in [0.4, 0.5) is 20.2 Å². The molecule has 0 atom stereocenters. The number of allylic oxidation sites excluding steroid dienone is 1. The zero-order chi connectivity index (χ0) is 25.4. The van der Waals surface area contributed by atoms with Gasteiger partial charge in [-0.15, -0.1) is 0 Å². The van der Waals surface area contributed by atoms with Crippen molar-refractivity contribution in [3.8, 4) is 11.5 Å². The van der Waals surface area contributed by atoms with Crippen LogP contribution in [0.2, 0.25) is 0 Å². The van der Waals surface area contributed by atoms with Crippen molar-refractivity contribution in [1.29, 1.82) is 0 Å². The number of amides is 1. The van der Waals surface area contributed by atoms with Crippen LogP contribution >= 0.6 is 0 Å². The number of benzene rings is 3. The first-order valence-corrected chi connectivity index (χ1v) is 11.6. The number of methoxy groups -OCH3 is 1.